The maximum absolute atomic E-state index is 12.9. The van der Waals surface area contributed by atoms with Crippen LogP contribution in [-0.4, -0.2) is 23.9 Å². The van der Waals surface area contributed by atoms with Crippen LogP contribution in [0.2, 0.25) is 0 Å². The standard InChI is InChI=1S/C21H26F3NO3/c1-13-8-15-9-14(10-18(26)28-20(4,5)21(22,23)24)6-7-16(15)27-17(13)11-19(2,3)12-25/h6-7,9,13,17H,8,10-11H2,1-5H3/t13-,17+/m0/s1. The highest BCUT2D eigenvalue weighted by Crippen LogP contribution is 2.37. The number of carbonyl (C=O) groups excluding carboxylic acids is 1. The van der Waals surface area contributed by atoms with E-state index in [0.717, 1.165) is 19.4 Å². The number of alkyl halides is 3. The van der Waals surface area contributed by atoms with Gasteiger partial charge in [-0.05, 0) is 57.2 Å². The number of halogens is 3. The molecule has 28 heavy (non-hydrogen) atoms. The van der Waals surface area contributed by atoms with Crippen molar-refractivity contribution in [2.75, 3.05) is 0 Å². The topological polar surface area (TPSA) is 59.3 Å². The molecule has 2 rings (SSSR count). The smallest absolute Gasteiger partial charge is 0.427 e. The van der Waals surface area contributed by atoms with E-state index in [1.807, 2.05) is 20.8 Å². The van der Waals surface area contributed by atoms with Gasteiger partial charge in [-0.25, -0.2) is 0 Å². The summed E-state index contributed by atoms with van der Waals surface area (Å²) in [6, 6.07) is 7.44. The zero-order valence-corrected chi connectivity index (χ0v) is 16.8. The molecule has 4 nitrogen and oxygen atoms in total. The molecular formula is C21H26F3NO3. The number of carbonyl (C=O) groups is 1. The van der Waals surface area contributed by atoms with E-state index in [1.54, 1.807) is 18.2 Å². The molecular weight excluding hydrogens is 371 g/mol. The van der Waals surface area contributed by atoms with E-state index < -0.39 is 23.2 Å². The fourth-order valence-corrected chi connectivity index (χ4v) is 3.11. The minimum atomic E-state index is -4.63. The van der Waals surface area contributed by atoms with Crippen LogP contribution in [0, 0.1) is 22.7 Å². The van der Waals surface area contributed by atoms with Crippen molar-refractivity contribution in [3.63, 3.8) is 0 Å². The lowest BCUT2D eigenvalue weighted by Gasteiger charge is -2.34. The molecule has 0 N–H and O–H groups in total. The average Bonchev–Trinajstić information content (AvgIpc) is 2.54. The normalized spacial score (nSPS) is 20.0. The van der Waals surface area contributed by atoms with Gasteiger partial charge >= 0.3 is 12.1 Å². The third-order valence-corrected chi connectivity index (χ3v) is 4.99. The first kappa shape index (κ1) is 22.1. The molecule has 7 heteroatoms. The van der Waals surface area contributed by atoms with Gasteiger partial charge in [0.1, 0.15) is 11.9 Å². The van der Waals surface area contributed by atoms with Gasteiger partial charge in [0.05, 0.1) is 17.9 Å². The number of nitrogens with zero attached hydrogens (tertiary/aromatic N) is 1. The Hall–Kier alpha value is -2.23. The summed E-state index contributed by atoms with van der Waals surface area (Å²) in [5.41, 5.74) is -1.55. The molecule has 0 saturated heterocycles. The van der Waals surface area contributed by atoms with Crippen LogP contribution >= 0.6 is 0 Å². The number of esters is 1. The van der Waals surface area contributed by atoms with E-state index in [1.165, 1.54) is 0 Å². The zero-order chi connectivity index (χ0) is 21.3. The fourth-order valence-electron chi connectivity index (χ4n) is 3.11. The predicted octanol–water partition coefficient (Wildman–Crippen LogP) is 4.99. The van der Waals surface area contributed by atoms with E-state index in [2.05, 4.69) is 10.8 Å². The van der Waals surface area contributed by atoms with E-state index in [9.17, 15) is 23.2 Å². The maximum Gasteiger partial charge on any atom is 0.427 e. The third-order valence-electron chi connectivity index (χ3n) is 4.99. The number of nitriles is 1. The summed E-state index contributed by atoms with van der Waals surface area (Å²) in [5.74, 6) is -0.0724. The quantitative estimate of drug-likeness (QED) is 0.657. The number of ether oxygens (including phenoxy) is 2. The molecule has 1 heterocycles. The second-order valence-electron chi connectivity index (χ2n) is 8.64. The van der Waals surface area contributed by atoms with Crippen LogP contribution in [0.3, 0.4) is 0 Å². The van der Waals surface area contributed by atoms with Crippen molar-refractivity contribution < 1.29 is 27.4 Å². The van der Waals surface area contributed by atoms with Crippen LogP contribution in [0.5, 0.6) is 5.75 Å². The Morgan fingerprint density at radius 3 is 2.50 bits per heavy atom. The van der Waals surface area contributed by atoms with Gasteiger partial charge in [0.2, 0.25) is 5.60 Å². The van der Waals surface area contributed by atoms with Crippen molar-refractivity contribution in [1.82, 2.24) is 0 Å². The van der Waals surface area contributed by atoms with E-state index in [0.29, 0.717) is 24.2 Å². The minimum Gasteiger partial charge on any atom is -0.490 e. The van der Waals surface area contributed by atoms with Gasteiger partial charge in [-0.2, -0.15) is 18.4 Å². The summed E-state index contributed by atoms with van der Waals surface area (Å²) >= 11 is 0. The predicted molar refractivity (Wildman–Crippen MR) is 97.7 cm³/mol. The Labute approximate surface area is 163 Å². The first-order valence-corrected chi connectivity index (χ1v) is 9.22. The van der Waals surface area contributed by atoms with Crippen molar-refractivity contribution >= 4 is 5.97 Å². The first-order chi connectivity index (χ1) is 12.7. The van der Waals surface area contributed by atoms with Gasteiger partial charge < -0.3 is 9.47 Å². The second kappa shape index (κ2) is 7.65. The van der Waals surface area contributed by atoms with Gasteiger partial charge in [0.25, 0.3) is 0 Å². The van der Waals surface area contributed by atoms with Crippen LogP contribution in [0.4, 0.5) is 13.2 Å². The summed E-state index contributed by atoms with van der Waals surface area (Å²) < 4.78 is 49.3. The van der Waals surface area contributed by atoms with Gasteiger partial charge in [0, 0.05) is 6.42 Å². The molecule has 2 atom stereocenters. The summed E-state index contributed by atoms with van der Waals surface area (Å²) in [4.78, 5) is 12.0. The van der Waals surface area contributed by atoms with Gasteiger partial charge in [-0.1, -0.05) is 19.1 Å². The van der Waals surface area contributed by atoms with Gasteiger partial charge in [0.15, 0.2) is 0 Å². The van der Waals surface area contributed by atoms with Crippen molar-refractivity contribution in [2.24, 2.45) is 11.3 Å². The highest BCUT2D eigenvalue weighted by molar-refractivity contribution is 5.73. The molecule has 0 spiro atoms. The summed E-state index contributed by atoms with van der Waals surface area (Å²) in [6.45, 7) is 7.44. The molecule has 154 valence electrons. The average molecular weight is 397 g/mol. The molecule has 0 fully saturated rings. The first-order valence-electron chi connectivity index (χ1n) is 9.22. The van der Waals surface area contributed by atoms with Crippen LogP contribution in [0.15, 0.2) is 18.2 Å². The lowest BCUT2D eigenvalue weighted by molar-refractivity contribution is -0.257. The van der Waals surface area contributed by atoms with E-state index >= 15 is 0 Å². The summed E-state index contributed by atoms with van der Waals surface area (Å²) in [5, 5.41) is 9.24. The highest BCUT2D eigenvalue weighted by atomic mass is 19.4. The van der Waals surface area contributed by atoms with Gasteiger partial charge in [-0.15, -0.1) is 0 Å². The summed E-state index contributed by atoms with van der Waals surface area (Å²) in [7, 11) is 0. The SMILES string of the molecule is C[C@H]1Cc2cc(CC(=O)OC(C)(C)C(F)(F)F)ccc2O[C@@H]1CC(C)(C)C#N. The maximum atomic E-state index is 12.9. The number of hydrogen-bond donors (Lipinski definition) is 0. The molecule has 0 bridgehead atoms. The molecule has 1 aliphatic heterocycles. The molecule has 0 aliphatic carbocycles. The molecule has 1 aromatic rings. The Kier molecular flexibility index (Phi) is 6.03. The highest BCUT2D eigenvalue weighted by Gasteiger charge is 2.50. The molecule has 0 aromatic heterocycles. The molecule has 1 aromatic carbocycles. The van der Waals surface area contributed by atoms with E-state index in [4.69, 9.17) is 4.74 Å². The molecule has 0 amide bonds. The van der Waals surface area contributed by atoms with Crippen LogP contribution in [-0.2, 0) is 22.4 Å². The van der Waals surface area contributed by atoms with Crippen molar-refractivity contribution in [3.05, 3.63) is 29.3 Å². The minimum absolute atomic E-state index is 0.0921. The Morgan fingerprint density at radius 2 is 1.93 bits per heavy atom. The zero-order valence-electron chi connectivity index (χ0n) is 16.8. The number of benzene rings is 1. The number of fused-ring (bicyclic) bond motifs is 1. The van der Waals surface area contributed by atoms with Crippen molar-refractivity contribution in [2.45, 2.75) is 71.8 Å². The molecule has 0 saturated carbocycles. The van der Waals surface area contributed by atoms with Crippen LogP contribution in [0.1, 0.15) is 52.2 Å². The monoisotopic (exact) mass is 397 g/mol. The van der Waals surface area contributed by atoms with Crippen molar-refractivity contribution in [3.8, 4) is 11.8 Å². The Balaban J connectivity index is 2.08. The molecule has 0 unspecified atom stereocenters. The van der Waals surface area contributed by atoms with Gasteiger partial charge in [-0.3, -0.25) is 4.79 Å². The van der Waals surface area contributed by atoms with Crippen LogP contribution < -0.4 is 4.74 Å². The number of rotatable bonds is 5. The lowest BCUT2D eigenvalue weighted by atomic mass is 9.81. The van der Waals surface area contributed by atoms with Crippen molar-refractivity contribution in [1.29, 1.82) is 5.26 Å². The molecule has 0 radical (unpaired) electrons. The fraction of sp³-hybridized carbons (Fsp3) is 0.619. The van der Waals surface area contributed by atoms with E-state index in [-0.39, 0.29) is 18.4 Å². The number of hydrogen-bond acceptors (Lipinski definition) is 4. The third kappa shape index (κ3) is 5.18. The molecule has 1 aliphatic rings. The summed E-state index contributed by atoms with van der Waals surface area (Å²) in [6.07, 6.45) is -3.66. The second-order valence-corrected chi connectivity index (χ2v) is 8.64. The lowest BCUT2D eigenvalue weighted by Crippen LogP contribution is -2.43. The Bertz CT molecular complexity index is 778. The largest absolute Gasteiger partial charge is 0.490 e. The Morgan fingerprint density at radius 1 is 1.29 bits per heavy atom. The van der Waals surface area contributed by atoms with Crippen LogP contribution in [0.25, 0.3) is 0 Å².